The predicted molar refractivity (Wildman–Crippen MR) is 69.9 cm³/mol. The number of alkyl halides is 1. The van der Waals surface area contributed by atoms with Crippen LogP contribution in [0.25, 0.3) is 0 Å². The Hall–Kier alpha value is -0.0200. The van der Waals surface area contributed by atoms with Crippen molar-refractivity contribution in [1.82, 2.24) is 0 Å². The number of hydrogen-bond donors (Lipinski definition) is 0. The van der Waals surface area contributed by atoms with Crippen molar-refractivity contribution in [3.05, 3.63) is 27.7 Å². The van der Waals surface area contributed by atoms with Crippen LogP contribution in [0.3, 0.4) is 0 Å². The molecule has 1 aromatic rings. The topological polar surface area (TPSA) is 9.23 Å². The Morgan fingerprint density at radius 1 is 1.47 bits per heavy atom. The van der Waals surface area contributed by atoms with Gasteiger partial charge in [0.1, 0.15) is 5.75 Å². The van der Waals surface area contributed by atoms with E-state index in [1.165, 1.54) is 28.4 Å². The molecule has 2 rings (SSSR count). The van der Waals surface area contributed by atoms with Gasteiger partial charge in [0.2, 0.25) is 0 Å². The van der Waals surface area contributed by atoms with Gasteiger partial charge in [0.15, 0.2) is 0 Å². The number of hydrogen-bond acceptors (Lipinski definition) is 1. The van der Waals surface area contributed by atoms with E-state index in [1.54, 1.807) is 0 Å². The van der Waals surface area contributed by atoms with E-state index < -0.39 is 0 Å². The third-order valence-corrected chi connectivity index (χ3v) is 4.37. The van der Waals surface area contributed by atoms with Crippen molar-refractivity contribution in [1.29, 1.82) is 0 Å². The summed E-state index contributed by atoms with van der Waals surface area (Å²) < 4.78 is 6.86. The van der Waals surface area contributed by atoms with Gasteiger partial charge in [-0.3, -0.25) is 0 Å². The lowest BCUT2D eigenvalue weighted by Crippen LogP contribution is -2.08. The first-order valence-electron chi connectivity index (χ1n) is 5.32. The van der Waals surface area contributed by atoms with Gasteiger partial charge in [-0.05, 0) is 49.4 Å². The van der Waals surface area contributed by atoms with Crippen LogP contribution in [0.2, 0.25) is 0 Å². The van der Waals surface area contributed by atoms with Gasteiger partial charge in [0.25, 0.3) is 0 Å². The monoisotopic (exact) mass is 332 g/mol. The average Bonchev–Trinajstić information content (AvgIpc) is 2.22. The zero-order chi connectivity index (χ0) is 10.8. The van der Waals surface area contributed by atoms with Crippen molar-refractivity contribution in [3.8, 4) is 5.75 Å². The molecule has 1 unspecified atom stereocenters. The fraction of sp³-hybridized carbons (Fsp3) is 0.500. The minimum Gasteiger partial charge on any atom is -0.494 e. The molecule has 1 nitrogen and oxygen atoms in total. The van der Waals surface area contributed by atoms with Crippen molar-refractivity contribution in [3.63, 3.8) is 0 Å². The Labute approximate surface area is 107 Å². The molecule has 0 fully saturated rings. The summed E-state index contributed by atoms with van der Waals surface area (Å²) in [6.07, 6.45) is 3.58. The third-order valence-electron chi connectivity index (χ3n) is 2.76. The summed E-state index contributed by atoms with van der Waals surface area (Å²) in [5, 5.41) is 0. The standard InChI is InChI=1S/C12H14Br2O/c1-2-15-11-7-6-10(14)12-8(11)4-3-5-9(12)13/h6-7,9H,2-5H2,1H3. The summed E-state index contributed by atoms with van der Waals surface area (Å²) >= 11 is 7.36. The van der Waals surface area contributed by atoms with Crippen LogP contribution in [-0.2, 0) is 6.42 Å². The van der Waals surface area contributed by atoms with Gasteiger partial charge in [-0.2, -0.15) is 0 Å². The lowest BCUT2D eigenvalue weighted by atomic mass is 9.91. The highest BCUT2D eigenvalue weighted by Gasteiger charge is 2.23. The van der Waals surface area contributed by atoms with Crippen molar-refractivity contribution >= 4 is 31.9 Å². The molecule has 0 saturated carbocycles. The van der Waals surface area contributed by atoms with Crippen LogP contribution in [-0.4, -0.2) is 6.61 Å². The second kappa shape index (κ2) is 4.88. The predicted octanol–water partition coefficient (Wildman–Crippen LogP) is 4.62. The molecule has 3 heteroatoms. The quantitative estimate of drug-likeness (QED) is 0.717. The maximum absolute atomic E-state index is 5.67. The van der Waals surface area contributed by atoms with Crippen LogP contribution < -0.4 is 4.74 Å². The van der Waals surface area contributed by atoms with Crippen molar-refractivity contribution in [2.24, 2.45) is 0 Å². The summed E-state index contributed by atoms with van der Waals surface area (Å²) in [4.78, 5) is 0.469. The molecule has 0 aliphatic heterocycles. The maximum Gasteiger partial charge on any atom is 0.122 e. The van der Waals surface area contributed by atoms with Crippen LogP contribution in [0, 0.1) is 0 Å². The van der Waals surface area contributed by atoms with Gasteiger partial charge < -0.3 is 4.74 Å². The van der Waals surface area contributed by atoms with E-state index in [2.05, 4.69) is 44.0 Å². The minimum atomic E-state index is 0.469. The van der Waals surface area contributed by atoms with E-state index in [4.69, 9.17) is 4.74 Å². The highest BCUT2D eigenvalue weighted by atomic mass is 79.9. The van der Waals surface area contributed by atoms with Gasteiger partial charge in [0, 0.05) is 9.30 Å². The molecule has 1 aliphatic carbocycles. The van der Waals surface area contributed by atoms with E-state index in [0.717, 1.165) is 18.8 Å². The molecule has 0 spiro atoms. The fourth-order valence-electron chi connectivity index (χ4n) is 2.11. The van der Waals surface area contributed by atoms with E-state index in [1.807, 2.05) is 6.92 Å². The van der Waals surface area contributed by atoms with Gasteiger partial charge in [-0.25, -0.2) is 0 Å². The lowest BCUT2D eigenvalue weighted by molar-refractivity contribution is 0.334. The summed E-state index contributed by atoms with van der Waals surface area (Å²) in [7, 11) is 0. The Kier molecular flexibility index (Phi) is 3.73. The molecule has 15 heavy (non-hydrogen) atoms. The molecule has 0 heterocycles. The van der Waals surface area contributed by atoms with Crippen molar-refractivity contribution < 1.29 is 4.74 Å². The highest BCUT2D eigenvalue weighted by Crippen LogP contribution is 2.43. The van der Waals surface area contributed by atoms with Gasteiger partial charge >= 0.3 is 0 Å². The smallest absolute Gasteiger partial charge is 0.122 e. The number of rotatable bonds is 2. The molecule has 0 radical (unpaired) electrons. The van der Waals surface area contributed by atoms with Crippen molar-refractivity contribution in [2.45, 2.75) is 31.0 Å². The molecule has 1 aliphatic rings. The number of halogens is 2. The van der Waals surface area contributed by atoms with Crippen LogP contribution in [0.4, 0.5) is 0 Å². The number of fused-ring (bicyclic) bond motifs is 1. The molecule has 0 N–H and O–H groups in total. The summed E-state index contributed by atoms with van der Waals surface area (Å²) in [6.45, 7) is 2.77. The summed E-state index contributed by atoms with van der Waals surface area (Å²) in [6, 6.07) is 4.15. The van der Waals surface area contributed by atoms with Gasteiger partial charge in [-0.15, -0.1) is 0 Å². The van der Waals surface area contributed by atoms with Crippen LogP contribution >= 0.6 is 31.9 Å². The first-order valence-corrected chi connectivity index (χ1v) is 7.03. The zero-order valence-corrected chi connectivity index (χ0v) is 11.9. The van der Waals surface area contributed by atoms with E-state index >= 15 is 0 Å². The Morgan fingerprint density at radius 2 is 2.27 bits per heavy atom. The SMILES string of the molecule is CCOc1ccc(Br)c2c1CCCC2Br. The zero-order valence-electron chi connectivity index (χ0n) is 8.72. The van der Waals surface area contributed by atoms with E-state index in [-0.39, 0.29) is 0 Å². The molecule has 82 valence electrons. The Morgan fingerprint density at radius 3 is 3.00 bits per heavy atom. The van der Waals surface area contributed by atoms with E-state index in [0.29, 0.717) is 4.83 Å². The normalized spacial score (nSPS) is 19.8. The fourth-order valence-corrected chi connectivity index (χ4v) is 3.91. The lowest BCUT2D eigenvalue weighted by Gasteiger charge is -2.24. The summed E-state index contributed by atoms with van der Waals surface area (Å²) in [5.41, 5.74) is 2.76. The second-order valence-corrected chi connectivity index (χ2v) is 5.69. The molecular formula is C12H14Br2O. The van der Waals surface area contributed by atoms with Crippen LogP contribution in [0.5, 0.6) is 5.75 Å². The van der Waals surface area contributed by atoms with Crippen LogP contribution in [0.1, 0.15) is 35.7 Å². The minimum absolute atomic E-state index is 0.469. The third kappa shape index (κ3) is 2.23. The maximum atomic E-state index is 5.67. The molecule has 1 atom stereocenters. The molecule has 0 aromatic heterocycles. The van der Waals surface area contributed by atoms with E-state index in [9.17, 15) is 0 Å². The second-order valence-electron chi connectivity index (χ2n) is 3.73. The first kappa shape index (κ1) is 11.5. The van der Waals surface area contributed by atoms with Crippen LogP contribution in [0.15, 0.2) is 16.6 Å². The molecule has 0 saturated heterocycles. The first-order chi connectivity index (χ1) is 7.24. The molecule has 0 amide bonds. The van der Waals surface area contributed by atoms with Gasteiger partial charge in [-0.1, -0.05) is 31.9 Å². The Balaban J connectivity index is 2.48. The number of ether oxygens (including phenoxy) is 1. The molecule has 0 bridgehead atoms. The molecular weight excluding hydrogens is 320 g/mol. The van der Waals surface area contributed by atoms with Gasteiger partial charge in [0.05, 0.1) is 6.61 Å². The van der Waals surface area contributed by atoms with Crippen molar-refractivity contribution in [2.75, 3.05) is 6.61 Å². The Bertz CT molecular complexity index is 363. The average molecular weight is 334 g/mol. The number of benzene rings is 1. The largest absolute Gasteiger partial charge is 0.494 e. The molecule has 1 aromatic carbocycles. The summed E-state index contributed by atoms with van der Waals surface area (Å²) in [5.74, 6) is 1.06. The highest BCUT2D eigenvalue weighted by molar-refractivity contribution is 9.11.